The molecule has 1 aromatic heterocycles. The Labute approximate surface area is 146 Å². The molecular weight excluding hydrogens is 432 g/mol. The number of rotatable bonds is 3. The van der Waals surface area contributed by atoms with E-state index in [9.17, 15) is 9.59 Å². The third kappa shape index (κ3) is 3.14. The molecule has 0 spiro atoms. The Bertz CT molecular complexity index is 877. The van der Waals surface area contributed by atoms with Crippen molar-refractivity contribution < 1.29 is 9.21 Å². The first-order chi connectivity index (χ1) is 10.5. The minimum absolute atomic E-state index is 0.221. The zero-order valence-corrected chi connectivity index (χ0v) is 15.0. The number of halogens is 2. The molecule has 0 radical (unpaired) electrons. The zero-order chi connectivity index (χ0) is 15.7. The van der Waals surface area contributed by atoms with Crippen LogP contribution in [-0.4, -0.2) is 5.78 Å². The van der Waals surface area contributed by atoms with Gasteiger partial charge in [-0.05, 0) is 47.7 Å². The molecule has 0 atom stereocenters. The maximum Gasteiger partial charge on any atom is 0.396 e. The second kappa shape index (κ2) is 6.32. The van der Waals surface area contributed by atoms with E-state index in [0.29, 0.717) is 21.8 Å². The van der Waals surface area contributed by atoms with Gasteiger partial charge in [-0.3, -0.25) is 4.79 Å². The van der Waals surface area contributed by atoms with Gasteiger partial charge in [-0.15, -0.1) is 0 Å². The molecule has 3 nitrogen and oxygen atoms in total. The van der Waals surface area contributed by atoms with Gasteiger partial charge in [0, 0.05) is 20.1 Å². The molecule has 0 saturated carbocycles. The highest BCUT2D eigenvalue weighted by Gasteiger charge is 2.21. The predicted molar refractivity (Wildman–Crippen MR) is 93.6 cm³/mol. The van der Waals surface area contributed by atoms with Crippen molar-refractivity contribution in [3.8, 4) is 11.3 Å². The molecule has 0 aliphatic carbocycles. The van der Waals surface area contributed by atoms with Crippen molar-refractivity contribution in [3.63, 3.8) is 0 Å². The molecule has 1 heterocycles. The van der Waals surface area contributed by atoms with Crippen LogP contribution in [0, 0.1) is 0 Å². The Morgan fingerprint density at radius 1 is 0.909 bits per heavy atom. The van der Waals surface area contributed by atoms with Crippen LogP contribution in [0.3, 0.4) is 0 Å². The lowest BCUT2D eigenvalue weighted by Gasteiger charge is -2.02. The molecule has 0 N–H and O–H groups in total. The van der Waals surface area contributed by atoms with Crippen LogP contribution in [0.4, 0.5) is 0 Å². The Hall–Kier alpha value is -1.50. The lowest BCUT2D eigenvalue weighted by atomic mass is 10.1. The number of carbonyl (C=O) groups is 1. The number of hydrogen-bond donors (Lipinski definition) is 0. The first kappa shape index (κ1) is 15.4. The minimum atomic E-state index is -0.488. The maximum absolute atomic E-state index is 12.6. The quantitative estimate of drug-likeness (QED) is 0.532. The molecule has 0 unspecified atom stereocenters. The third-order valence-electron chi connectivity index (χ3n) is 3.00. The summed E-state index contributed by atoms with van der Waals surface area (Å²) in [6.07, 6.45) is 0. The predicted octanol–water partition coefficient (Wildman–Crippen LogP) is 5.12. The van der Waals surface area contributed by atoms with E-state index in [1.54, 1.807) is 36.4 Å². The highest BCUT2D eigenvalue weighted by atomic mass is 79.9. The monoisotopic (exact) mass is 438 g/mol. The van der Waals surface area contributed by atoms with Gasteiger partial charge in [-0.1, -0.05) is 44.0 Å². The van der Waals surface area contributed by atoms with Crippen molar-refractivity contribution in [2.75, 3.05) is 0 Å². The molecule has 0 aliphatic rings. The Kier molecular flexibility index (Phi) is 4.42. The summed E-state index contributed by atoms with van der Waals surface area (Å²) >= 11 is 7.51. The second-order valence-corrected chi connectivity index (χ2v) is 7.23. The van der Waals surface area contributed by atoms with E-state index in [2.05, 4.69) is 31.9 Å². The molecule has 2 aromatic carbocycles. The fraction of sp³-hybridized carbons (Fsp3) is 0. The average Bonchev–Trinajstić information content (AvgIpc) is 2.90. The van der Waals surface area contributed by atoms with Gasteiger partial charge in [0.05, 0.1) is 0 Å². The van der Waals surface area contributed by atoms with Crippen molar-refractivity contribution in [3.05, 3.63) is 77.7 Å². The van der Waals surface area contributed by atoms with Crippen LogP contribution in [0.1, 0.15) is 15.2 Å². The van der Waals surface area contributed by atoms with Gasteiger partial charge in [-0.2, -0.15) is 0 Å². The molecule has 0 amide bonds. The first-order valence-corrected chi connectivity index (χ1v) is 8.65. The SMILES string of the molecule is O=C(c1ccc(Br)cc1)c1sc(=O)oc1-c1ccc(Br)cc1. The van der Waals surface area contributed by atoms with E-state index >= 15 is 0 Å². The molecule has 0 fully saturated rings. The molecule has 0 aliphatic heterocycles. The van der Waals surface area contributed by atoms with E-state index in [0.717, 1.165) is 20.3 Å². The molecule has 110 valence electrons. The zero-order valence-electron chi connectivity index (χ0n) is 11.0. The summed E-state index contributed by atoms with van der Waals surface area (Å²) in [4.78, 5) is 24.1. The molecule has 3 rings (SSSR count). The summed E-state index contributed by atoms with van der Waals surface area (Å²) in [6, 6.07) is 14.3. The van der Waals surface area contributed by atoms with E-state index in [4.69, 9.17) is 4.42 Å². The Morgan fingerprint density at radius 3 is 2.05 bits per heavy atom. The van der Waals surface area contributed by atoms with Gasteiger partial charge in [0.15, 0.2) is 5.76 Å². The smallest absolute Gasteiger partial charge is 0.396 e. The van der Waals surface area contributed by atoms with Gasteiger partial charge >= 0.3 is 4.94 Å². The van der Waals surface area contributed by atoms with Crippen LogP contribution in [0.15, 0.2) is 66.7 Å². The largest absolute Gasteiger partial charge is 0.413 e. The fourth-order valence-corrected chi connectivity index (χ4v) is 3.24. The van der Waals surface area contributed by atoms with E-state index in [1.165, 1.54) is 0 Å². The van der Waals surface area contributed by atoms with Crippen molar-refractivity contribution in [1.29, 1.82) is 0 Å². The summed E-state index contributed by atoms with van der Waals surface area (Å²) < 4.78 is 7.02. The van der Waals surface area contributed by atoms with Crippen molar-refractivity contribution >= 4 is 49.0 Å². The summed E-state index contributed by atoms with van der Waals surface area (Å²) in [6.45, 7) is 0. The average molecular weight is 440 g/mol. The molecular formula is C16H8Br2O3S. The van der Waals surface area contributed by atoms with Gasteiger partial charge < -0.3 is 4.42 Å². The van der Waals surface area contributed by atoms with Crippen LogP contribution >= 0.6 is 43.2 Å². The number of benzene rings is 2. The minimum Gasteiger partial charge on any atom is -0.413 e. The molecule has 6 heteroatoms. The van der Waals surface area contributed by atoms with E-state index < -0.39 is 4.94 Å². The second-order valence-electron chi connectivity index (χ2n) is 4.46. The lowest BCUT2D eigenvalue weighted by Crippen LogP contribution is -2.00. The van der Waals surface area contributed by atoms with Gasteiger partial charge in [0.25, 0.3) is 0 Å². The normalized spacial score (nSPS) is 10.6. The van der Waals surface area contributed by atoms with Crippen LogP contribution in [-0.2, 0) is 0 Å². The number of carbonyl (C=O) groups excluding carboxylic acids is 1. The van der Waals surface area contributed by atoms with Crippen LogP contribution < -0.4 is 4.94 Å². The van der Waals surface area contributed by atoms with Crippen LogP contribution in [0.5, 0.6) is 0 Å². The topological polar surface area (TPSA) is 47.3 Å². The molecule has 0 bridgehead atoms. The summed E-state index contributed by atoms with van der Waals surface area (Å²) in [5.41, 5.74) is 1.21. The van der Waals surface area contributed by atoms with E-state index in [-0.39, 0.29) is 5.78 Å². The highest BCUT2D eigenvalue weighted by Crippen LogP contribution is 2.29. The fourth-order valence-electron chi connectivity index (χ4n) is 1.95. The van der Waals surface area contributed by atoms with Crippen molar-refractivity contribution in [2.45, 2.75) is 0 Å². The van der Waals surface area contributed by atoms with Crippen LogP contribution in [0.25, 0.3) is 11.3 Å². The van der Waals surface area contributed by atoms with Gasteiger partial charge in [0.2, 0.25) is 5.78 Å². The molecule has 0 saturated heterocycles. The van der Waals surface area contributed by atoms with Crippen LogP contribution in [0.2, 0.25) is 0 Å². The van der Waals surface area contributed by atoms with Gasteiger partial charge in [-0.25, -0.2) is 4.79 Å². The van der Waals surface area contributed by atoms with E-state index in [1.807, 2.05) is 12.1 Å². The summed E-state index contributed by atoms with van der Waals surface area (Å²) in [7, 11) is 0. The summed E-state index contributed by atoms with van der Waals surface area (Å²) in [5, 5.41) is 0. The van der Waals surface area contributed by atoms with Crippen molar-refractivity contribution in [2.24, 2.45) is 0 Å². The number of hydrogen-bond acceptors (Lipinski definition) is 4. The third-order valence-corrected chi connectivity index (χ3v) is 4.88. The molecule has 22 heavy (non-hydrogen) atoms. The Morgan fingerprint density at radius 2 is 1.45 bits per heavy atom. The van der Waals surface area contributed by atoms with Crippen molar-refractivity contribution in [1.82, 2.24) is 0 Å². The maximum atomic E-state index is 12.6. The molecule has 3 aromatic rings. The lowest BCUT2D eigenvalue weighted by molar-refractivity contribution is 0.104. The Balaban J connectivity index is 2.08. The standard InChI is InChI=1S/C16H8Br2O3S/c17-11-5-1-9(2-6-11)13(19)15-14(21-16(20)22-15)10-3-7-12(18)8-4-10/h1-8H. The van der Waals surface area contributed by atoms with Gasteiger partial charge in [0.1, 0.15) is 4.88 Å². The highest BCUT2D eigenvalue weighted by molar-refractivity contribution is 9.10. The number of ketones is 1. The summed E-state index contributed by atoms with van der Waals surface area (Å²) in [5.74, 6) is 0.0942. The first-order valence-electron chi connectivity index (χ1n) is 6.25.